The number of phenolic OH excluding ortho intramolecular Hbond substituents is 1. The quantitative estimate of drug-likeness (QED) is 0.449. The Morgan fingerprint density at radius 1 is 1.59 bits per heavy atom. The molecule has 0 aliphatic heterocycles. The fraction of sp³-hybridized carbons (Fsp3) is 0.154. The smallest absolute Gasteiger partial charge is 0.285 e. The van der Waals surface area contributed by atoms with Crippen LogP contribution in [0.1, 0.15) is 15.2 Å². The molecule has 116 valence electrons. The molecular weight excluding hydrogens is 324 g/mol. The number of methoxy groups -OCH3 is 1. The lowest BCUT2D eigenvalue weighted by Crippen LogP contribution is -2.18. The maximum absolute atomic E-state index is 12.0. The van der Waals surface area contributed by atoms with Crippen LogP contribution in [-0.2, 0) is 7.05 Å². The number of rotatable bonds is 4. The fourth-order valence-corrected chi connectivity index (χ4v) is 2.75. The van der Waals surface area contributed by atoms with Gasteiger partial charge in [0.25, 0.3) is 5.91 Å². The molecule has 0 bridgehead atoms. The van der Waals surface area contributed by atoms with E-state index in [2.05, 4.69) is 10.5 Å². The molecule has 7 nitrogen and oxygen atoms in total. The molecule has 1 amide bonds. The van der Waals surface area contributed by atoms with Crippen LogP contribution in [0.4, 0.5) is 5.82 Å². The Morgan fingerprint density at radius 2 is 2.32 bits per heavy atom. The molecule has 1 heterocycles. The number of nitrogens with zero attached hydrogens (tertiary/aromatic N) is 2. The second kappa shape index (κ2) is 6.58. The second-order valence-electron chi connectivity index (χ2n) is 4.27. The van der Waals surface area contributed by atoms with Crippen molar-refractivity contribution in [1.82, 2.24) is 9.99 Å². The monoisotopic (exact) mass is 338 g/mol. The summed E-state index contributed by atoms with van der Waals surface area (Å²) in [5.41, 5.74) is 8.83. The first-order chi connectivity index (χ1) is 10.4. The van der Waals surface area contributed by atoms with Gasteiger partial charge >= 0.3 is 0 Å². The molecule has 0 saturated heterocycles. The van der Waals surface area contributed by atoms with Crippen LogP contribution in [-0.4, -0.2) is 28.9 Å². The molecule has 1 aromatic carbocycles. The molecule has 0 fully saturated rings. The molecule has 0 saturated carbocycles. The lowest BCUT2D eigenvalue weighted by atomic mass is 10.2. The van der Waals surface area contributed by atoms with E-state index in [-0.39, 0.29) is 5.75 Å². The van der Waals surface area contributed by atoms with E-state index in [0.717, 1.165) is 11.3 Å². The van der Waals surface area contributed by atoms with Gasteiger partial charge in [-0.25, -0.2) is 5.43 Å². The van der Waals surface area contributed by atoms with Crippen molar-refractivity contribution in [2.24, 2.45) is 12.1 Å². The number of aromatic hydroxyl groups is 1. The third kappa shape index (κ3) is 3.26. The van der Waals surface area contributed by atoms with Gasteiger partial charge in [0.15, 0.2) is 15.5 Å². The van der Waals surface area contributed by atoms with Crippen LogP contribution in [0.3, 0.4) is 0 Å². The predicted octanol–water partition coefficient (Wildman–Crippen LogP) is 1.88. The molecule has 1 aromatic heterocycles. The van der Waals surface area contributed by atoms with E-state index < -0.39 is 5.91 Å². The van der Waals surface area contributed by atoms with Crippen molar-refractivity contribution < 1.29 is 14.6 Å². The Morgan fingerprint density at radius 3 is 2.91 bits per heavy atom. The van der Waals surface area contributed by atoms with Crippen molar-refractivity contribution in [3.8, 4) is 11.5 Å². The lowest BCUT2D eigenvalue weighted by molar-refractivity contribution is 0.0959. The molecule has 0 aliphatic carbocycles. The van der Waals surface area contributed by atoms with Gasteiger partial charge in [0.2, 0.25) is 0 Å². The third-order valence-electron chi connectivity index (χ3n) is 2.85. The number of thiazole rings is 1. The number of nitrogens with two attached hydrogens (primary N) is 1. The zero-order chi connectivity index (χ0) is 16.3. The number of aromatic nitrogens is 1. The number of nitrogen functional groups attached to an aromatic ring is 1. The summed E-state index contributed by atoms with van der Waals surface area (Å²) in [6, 6.07) is 4.70. The first-order valence-electron chi connectivity index (χ1n) is 6.09. The predicted molar refractivity (Wildman–Crippen MR) is 88.3 cm³/mol. The van der Waals surface area contributed by atoms with E-state index in [1.807, 2.05) is 0 Å². The Kier molecular flexibility index (Phi) is 4.78. The van der Waals surface area contributed by atoms with E-state index >= 15 is 0 Å². The standard InChI is InChI=1S/C13H14N4O3S2/c1-17-11(14)10(22-13(17)21)12(19)16-15-6-7-3-4-8(18)9(5-7)20-2/h3-6,18H,14H2,1-2H3,(H,16,19)/b15-6-. The lowest BCUT2D eigenvalue weighted by Gasteiger charge is -2.03. The average molecular weight is 338 g/mol. The van der Waals surface area contributed by atoms with Crippen molar-refractivity contribution >= 4 is 41.5 Å². The van der Waals surface area contributed by atoms with Crippen molar-refractivity contribution in [1.29, 1.82) is 0 Å². The molecule has 9 heteroatoms. The number of carbonyl (C=O) groups excluding carboxylic acids is 1. The summed E-state index contributed by atoms with van der Waals surface area (Å²) in [7, 11) is 3.14. The summed E-state index contributed by atoms with van der Waals surface area (Å²) in [6.45, 7) is 0. The largest absolute Gasteiger partial charge is 0.504 e. The van der Waals surface area contributed by atoms with Crippen LogP contribution in [0.2, 0.25) is 0 Å². The SMILES string of the molecule is COc1cc(/C=N\NC(=O)c2sc(=S)n(C)c2N)ccc1O. The highest BCUT2D eigenvalue weighted by Crippen LogP contribution is 2.25. The van der Waals surface area contributed by atoms with Gasteiger partial charge in [0, 0.05) is 7.05 Å². The topological polar surface area (TPSA) is 102 Å². The van der Waals surface area contributed by atoms with E-state index in [9.17, 15) is 9.90 Å². The van der Waals surface area contributed by atoms with Crippen molar-refractivity contribution in [2.75, 3.05) is 12.8 Å². The van der Waals surface area contributed by atoms with Gasteiger partial charge in [-0.3, -0.25) is 4.79 Å². The van der Waals surface area contributed by atoms with Gasteiger partial charge in [-0.2, -0.15) is 5.10 Å². The Labute approximate surface area is 135 Å². The molecule has 0 radical (unpaired) electrons. The number of hydrazone groups is 1. The number of ether oxygens (including phenoxy) is 1. The molecule has 0 atom stereocenters. The van der Waals surface area contributed by atoms with Gasteiger partial charge in [-0.05, 0) is 36.0 Å². The number of anilines is 1. The number of hydrogen-bond acceptors (Lipinski definition) is 7. The number of hydrogen-bond donors (Lipinski definition) is 3. The first kappa shape index (κ1) is 16.0. The highest BCUT2D eigenvalue weighted by Gasteiger charge is 2.14. The molecular formula is C13H14N4O3S2. The maximum Gasteiger partial charge on any atom is 0.285 e. The number of carbonyl (C=O) groups is 1. The number of amides is 1. The maximum atomic E-state index is 12.0. The minimum Gasteiger partial charge on any atom is -0.504 e. The Balaban J connectivity index is 2.10. The molecule has 22 heavy (non-hydrogen) atoms. The summed E-state index contributed by atoms with van der Waals surface area (Å²) in [4.78, 5) is 12.3. The minimum atomic E-state index is -0.434. The normalized spacial score (nSPS) is 10.8. The second-order valence-corrected chi connectivity index (χ2v) is 5.92. The summed E-state index contributed by atoms with van der Waals surface area (Å²) in [5, 5.41) is 13.3. The van der Waals surface area contributed by atoms with Gasteiger partial charge in [-0.1, -0.05) is 11.3 Å². The van der Waals surface area contributed by atoms with Gasteiger partial charge in [0.1, 0.15) is 10.7 Å². The highest BCUT2D eigenvalue weighted by atomic mass is 32.1. The zero-order valence-corrected chi connectivity index (χ0v) is 13.5. The van der Waals surface area contributed by atoms with Crippen LogP contribution in [0.25, 0.3) is 0 Å². The summed E-state index contributed by atoms with van der Waals surface area (Å²) < 4.78 is 7.05. The fourth-order valence-electron chi connectivity index (χ4n) is 1.61. The number of phenols is 1. The first-order valence-corrected chi connectivity index (χ1v) is 7.32. The molecule has 2 rings (SSSR count). The summed E-state index contributed by atoms with van der Waals surface area (Å²) >= 11 is 6.17. The average Bonchev–Trinajstić information content (AvgIpc) is 2.76. The van der Waals surface area contributed by atoms with Crippen molar-refractivity contribution in [3.63, 3.8) is 0 Å². The molecule has 0 spiro atoms. The van der Waals surface area contributed by atoms with Crippen LogP contribution >= 0.6 is 23.6 Å². The van der Waals surface area contributed by atoms with Crippen molar-refractivity contribution in [2.45, 2.75) is 0 Å². The van der Waals surface area contributed by atoms with Crippen LogP contribution in [0.15, 0.2) is 23.3 Å². The minimum absolute atomic E-state index is 0.0283. The summed E-state index contributed by atoms with van der Waals surface area (Å²) in [6.07, 6.45) is 1.43. The van der Waals surface area contributed by atoms with Gasteiger partial charge in [-0.15, -0.1) is 0 Å². The number of benzene rings is 1. The molecule has 4 N–H and O–H groups in total. The van der Waals surface area contributed by atoms with Crippen LogP contribution < -0.4 is 15.9 Å². The van der Waals surface area contributed by atoms with Crippen molar-refractivity contribution in [3.05, 3.63) is 32.6 Å². The molecule has 0 unspecified atom stereocenters. The Bertz CT molecular complexity index is 795. The van der Waals surface area contributed by atoms with E-state index in [1.54, 1.807) is 23.7 Å². The van der Waals surface area contributed by atoms with E-state index in [0.29, 0.717) is 26.0 Å². The number of nitrogens with one attached hydrogen (secondary N) is 1. The van der Waals surface area contributed by atoms with Gasteiger partial charge < -0.3 is 20.1 Å². The zero-order valence-electron chi connectivity index (χ0n) is 11.9. The van der Waals surface area contributed by atoms with Crippen LogP contribution in [0.5, 0.6) is 11.5 Å². The third-order valence-corrected chi connectivity index (χ3v) is 4.42. The molecule has 2 aromatic rings. The highest BCUT2D eigenvalue weighted by molar-refractivity contribution is 7.73. The molecule has 0 aliphatic rings. The van der Waals surface area contributed by atoms with Crippen LogP contribution in [0, 0.1) is 3.95 Å². The Hall–Kier alpha value is -2.39. The van der Waals surface area contributed by atoms with Gasteiger partial charge in [0.05, 0.1) is 13.3 Å². The summed E-state index contributed by atoms with van der Waals surface area (Å²) in [5.74, 6) is 0.214. The van der Waals surface area contributed by atoms with E-state index in [4.69, 9.17) is 22.7 Å². The van der Waals surface area contributed by atoms with E-state index in [1.165, 1.54) is 19.4 Å².